The van der Waals surface area contributed by atoms with Crippen molar-refractivity contribution in [2.24, 2.45) is 0 Å². The van der Waals surface area contributed by atoms with E-state index in [1.165, 1.54) is 87.0 Å². The Bertz CT molecular complexity index is 2150. The van der Waals surface area contributed by atoms with Crippen LogP contribution >= 0.6 is 0 Å². The maximum atomic E-state index is 13.2. The van der Waals surface area contributed by atoms with E-state index in [0.29, 0.717) is 0 Å². The molecule has 2 aliphatic rings. The van der Waals surface area contributed by atoms with Crippen molar-refractivity contribution >= 4 is 35.8 Å². The van der Waals surface area contributed by atoms with Gasteiger partial charge in [0, 0.05) is 35.1 Å². The molecule has 6 rings (SSSR count). The van der Waals surface area contributed by atoms with Crippen LogP contribution < -0.4 is 28.4 Å². The molecule has 4 aromatic rings. The number of aromatic carboxylic acids is 2. The topological polar surface area (TPSA) is 217 Å². The van der Waals surface area contributed by atoms with E-state index in [-0.39, 0.29) is 81.1 Å². The van der Waals surface area contributed by atoms with Crippen molar-refractivity contribution < 1.29 is 76.9 Å². The van der Waals surface area contributed by atoms with Gasteiger partial charge in [-0.2, -0.15) is 0 Å². The van der Waals surface area contributed by atoms with Crippen LogP contribution in [0.25, 0.3) is 0 Å². The van der Waals surface area contributed by atoms with Crippen LogP contribution in [0, 0.1) is 0 Å². The molecule has 4 aromatic carbocycles. The third kappa shape index (κ3) is 8.14. The fourth-order valence-corrected chi connectivity index (χ4v) is 6.80. The Balaban J connectivity index is 1.29. The predicted octanol–water partition coefficient (Wildman–Crippen LogP) is 5.39. The van der Waals surface area contributed by atoms with E-state index in [4.69, 9.17) is 37.9 Å². The third-order valence-electron chi connectivity index (χ3n) is 9.34. The van der Waals surface area contributed by atoms with Crippen LogP contribution in [0.1, 0.15) is 64.4 Å². The number of methoxy groups -OCH3 is 2. The van der Waals surface area contributed by atoms with Gasteiger partial charge in [-0.25, -0.2) is 28.8 Å². The first-order chi connectivity index (χ1) is 27.9. The van der Waals surface area contributed by atoms with Gasteiger partial charge in [-0.05, 0) is 72.8 Å². The lowest BCUT2D eigenvalue weighted by molar-refractivity contribution is -0.129. The molecule has 2 N–H and O–H groups in total. The highest BCUT2D eigenvalue weighted by atomic mass is 16.6. The van der Waals surface area contributed by atoms with Crippen LogP contribution in [-0.2, 0) is 19.1 Å². The third-order valence-corrected chi connectivity index (χ3v) is 9.34. The largest absolute Gasteiger partial charge is 0.493 e. The van der Waals surface area contributed by atoms with Gasteiger partial charge in [0.25, 0.3) is 0 Å². The van der Waals surface area contributed by atoms with Crippen molar-refractivity contribution in [2.75, 3.05) is 27.4 Å². The summed E-state index contributed by atoms with van der Waals surface area (Å²) in [5.74, 6) is -7.33. The van der Waals surface area contributed by atoms with E-state index < -0.39 is 59.9 Å². The Kier molecular flexibility index (Phi) is 12.0. The standard InChI is InChI=1S/C42H34O16/c1-5-31(43)55-23-11-7-21(8-12-23)41(49)57-29-17-15-25(39(45)46)33(37(29)51-3)27-19-53-36-28(20-54-35(27)36)34-26(40(47)48)16-18-30(38(34)52-4)58-42(50)22-9-13-24(14-10-22)56-32(44)6-2/h5-18,27-28,35-36H,1-2,19-20H2,3-4H3,(H,45,46)(H,47,48)/t27-,28+,35-,36-/m0/s1. The first-order valence-electron chi connectivity index (χ1n) is 17.3. The van der Waals surface area contributed by atoms with Gasteiger partial charge in [-0.3, -0.25) is 0 Å². The smallest absolute Gasteiger partial charge is 0.343 e. The lowest BCUT2D eigenvalue weighted by atomic mass is 9.84. The number of fused-ring (bicyclic) bond motifs is 1. The average Bonchev–Trinajstić information content (AvgIpc) is 3.83. The minimum absolute atomic E-state index is 0.0734. The molecule has 16 nitrogen and oxygen atoms in total. The molecule has 2 saturated heterocycles. The highest BCUT2D eigenvalue weighted by Gasteiger charge is 2.52. The number of rotatable bonds is 14. The summed E-state index contributed by atoms with van der Waals surface area (Å²) in [5, 5.41) is 20.5. The van der Waals surface area contributed by atoms with Crippen molar-refractivity contribution in [1.82, 2.24) is 0 Å². The molecule has 2 aliphatic heterocycles. The number of hydrogen-bond acceptors (Lipinski definition) is 14. The molecule has 0 amide bonds. The summed E-state index contributed by atoms with van der Waals surface area (Å²) in [5.41, 5.74) is 0.0103. The molecule has 58 heavy (non-hydrogen) atoms. The number of carbonyl (C=O) groups excluding carboxylic acids is 4. The summed E-state index contributed by atoms with van der Waals surface area (Å²) in [4.78, 5) is 74.6. The van der Waals surface area contributed by atoms with Crippen molar-refractivity contribution in [3.63, 3.8) is 0 Å². The summed E-state index contributed by atoms with van der Waals surface area (Å²) in [6.07, 6.45) is 0.251. The minimum atomic E-state index is -1.31. The molecule has 2 heterocycles. The zero-order valence-electron chi connectivity index (χ0n) is 30.8. The molecule has 298 valence electrons. The molecule has 0 radical (unpaired) electrons. The average molecular weight is 795 g/mol. The maximum Gasteiger partial charge on any atom is 0.343 e. The van der Waals surface area contributed by atoms with Crippen LogP contribution in [0.4, 0.5) is 0 Å². The van der Waals surface area contributed by atoms with E-state index in [2.05, 4.69) is 13.2 Å². The van der Waals surface area contributed by atoms with Crippen molar-refractivity contribution in [3.05, 3.63) is 131 Å². The summed E-state index contributed by atoms with van der Waals surface area (Å²) in [7, 11) is 2.55. The Hall–Kier alpha value is -7.30. The van der Waals surface area contributed by atoms with Crippen LogP contribution in [0.3, 0.4) is 0 Å². The number of carboxylic acid groups (broad SMARTS) is 2. The zero-order valence-corrected chi connectivity index (χ0v) is 30.8. The molecule has 0 unspecified atom stereocenters. The van der Waals surface area contributed by atoms with Gasteiger partial charge >= 0.3 is 35.8 Å². The van der Waals surface area contributed by atoms with Crippen LogP contribution in [-0.4, -0.2) is 85.7 Å². The lowest BCUT2D eigenvalue weighted by Crippen LogP contribution is -2.27. The van der Waals surface area contributed by atoms with Crippen molar-refractivity contribution in [3.8, 4) is 34.5 Å². The minimum Gasteiger partial charge on any atom is -0.493 e. The highest BCUT2D eigenvalue weighted by Crippen LogP contribution is 2.51. The van der Waals surface area contributed by atoms with Crippen molar-refractivity contribution in [2.45, 2.75) is 24.0 Å². The summed E-state index contributed by atoms with van der Waals surface area (Å²) in [6.45, 7) is 6.45. The number of ether oxygens (including phenoxy) is 8. The molecule has 0 bridgehead atoms. The van der Waals surface area contributed by atoms with E-state index in [1.54, 1.807) is 0 Å². The number of hydrogen-bond donors (Lipinski definition) is 2. The first kappa shape index (κ1) is 40.4. The van der Waals surface area contributed by atoms with E-state index in [1.807, 2.05) is 0 Å². The van der Waals surface area contributed by atoms with Gasteiger partial charge in [0.15, 0.2) is 23.0 Å². The number of carbonyl (C=O) groups is 6. The first-order valence-corrected chi connectivity index (χ1v) is 17.3. The van der Waals surface area contributed by atoms with Crippen LogP contribution in [0.15, 0.2) is 98.1 Å². The molecule has 0 spiro atoms. The summed E-state index contributed by atoms with van der Waals surface area (Å²) < 4.78 is 45.2. The molecule has 0 aromatic heterocycles. The molecule has 16 heteroatoms. The van der Waals surface area contributed by atoms with E-state index >= 15 is 0 Å². The Labute approximate surface area is 329 Å². The SMILES string of the molecule is C=CC(=O)Oc1ccc(C(=O)Oc2ccc(C(=O)O)c([C@H]3CO[C@@H]4[C@H]3OC[C@H]4c3c(C(=O)O)ccc(OC(=O)c4ccc(OC(=O)C=C)cc4)c3OC)c2OC)cc1. The fourth-order valence-electron chi connectivity index (χ4n) is 6.80. The lowest BCUT2D eigenvalue weighted by Gasteiger charge is -2.23. The molecule has 2 fully saturated rings. The van der Waals surface area contributed by atoms with Crippen molar-refractivity contribution in [1.29, 1.82) is 0 Å². The van der Waals surface area contributed by atoms with E-state index in [9.17, 15) is 39.0 Å². The Morgan fingerprint density at radius 3 is 1.24 bits per heavy atom. The second-order valence-electron chi connectivity index (χ2n) is 12.6. The second kappa shape index (κ2) is 17.2. The molecule has 0 aliphatic carbocycles. The number of carboxylic acids is 2. The summed E-state index contributed by atoms with van der Waals surface area (Å²) >= 11 is 0. The normalized spacial score (nSPS) is 17.9. The Morgan fingerprint density at radius 1 is 0.569 bits per heavy atom. The highest BCUT2D eigenvalue weighted by molar-refractivity contribution is 5.95. The molecular formula is C42H34O16. The molecule has 4 atom stereocenters. The summed E-state index contributed by atoms with van der Waals surface area (Å²) in [6, 6.07) is 16.1. The van der Waals surface area contributed by atoms with Gasteiger partial charge < -0.3 is 48.1 Å². The zero-order chi connectivity index (χ0) is 41.7. The Morgan fingerprint density at radius 2 is 0.931 bits per heavy atom. The molecular weight excluding hydrogens is 760 g/mol. The monoisotopic (exact) mass is 794 g/mol. The number of benzene rings is 4. The fraction of sp³-hybridized carbons (Fsp3) is 0.190. The maximum absolute atomic E-state index is 13.2. The van der Waals surface area contributed by atoms with Gasteiger partial charge in [0.1, 0.15) is 11.5 Å². The van der Waals surface area contributed by atoms with E-state index in [0.717, 1.165) is 12.2 Å². The van der Waals surface area contributed by atoms with Gasteiger partial charge in [-0.15, -0.1) is 0 Å². The van der Waals surface area contributed by atoms with Crippen LogP contribution in [0.2, 0.25) is 0 Å². The molecule has 0 saturated carbocycles. The van der Waals surface area contributed by atoms with Gasteiger partial charge in [-0.1, -0.05) is 13.2 Å². The van der Waals surface area contributed by atoms with Gasteiger partial charge in [0.2, 0.25) is 0 Å². The quantitative estimate of drug-likeness (QED) is 0.0930. The number of esters is 4. The predicted molar refractivity (Wildman–Crippen MR) is 199 cm³/mol. The van der Waals surface area contributed by atoms with Gasteiger partial charge in [0.05, 0.1) is 61.9 Å². The second-order valence-corrected chi connectivity index (χ2v) is 12.6. The van der Waals surface area contributed by atoms with Crippen LogP contribution in [0.5, 0.6) is 34.5 Å².